The van der Waals surface area contributed by atoms with Crippen LogP contribution in [0.5, 0.6) is 0 Å². The van der Waals surface area contributed by atoms with Gasteiger partial charge in [0, 0.05) is 18.2 Å². The first-order chi connectivity index (χ1) is 11.7. The summed E-state index contributed by atoms with van der Waals surface area (Å²) >= 11 is 0. The fraction of sp³-hybridized carbons (Fsp3) is 0.200. The third kappa shape index (κ3) is 4.32. The number of benzene rings is 2. The van der Waals surface area contributed by atoms with Crippen molar-refractivity contribution in [2.24, 2.45) is 0 Å². The van der Waals surface area contributed by atoms with E-state index in [1.807, 2.05) is 55.5 Å². The van der Waals surface area contributed by atoms with Crippen LogP contribution in [0.1, 0.15) is 16.8 Å². The quantitative estimate of drug-likeness (QED) is 0.755. The highest BCUT2D eigenvalue weighted by atomic mass is 16.5. The molecule has 0 saturated heterocycles. The van der Waals surface area contributed by atoms with E-state index in [-0.39, 0.29) is 12.3 Å². The fourth-order valence-corrected chi connectivity index (χ4v) is 2.47. The highest BCUT2D eigenvalue weighted by Crippen LogP contribution is 2.20. The molecule has 0 unspecified atom stereocenters. The number of hydrogen-bond acceptors (Lipinski definition) is 3. The number of nitrogens with zero attached hydrogens (tertiary/aromatic N) is 1. The third-order valence-corrected chi connectivity index (χ3v) is 3.82. The molecule has 4 nitrogen and oxygen atoms in total. The summed E-state index contributed by atoms with van der Waals surface area (Å²) in [6, 6.07) is 19.9. The predicted octanol–water partition coefficient (Wildman–Crippen LogP) is 3.55. The van der Waals surface area contributed by atoms with E-state index < -0.39 is 0 Å². The summed E-state index contributed by atoms with van der Waals surface area (Å²) in [5.41, 5.74) is 4.00. The van der Waals surface area contributed by atoms with E-state index in [0.717, 1.165) is 12.0 Å². The maximum absolute atomic E-state index is 12.0. The van der Waals surface area contributed by atoms with Crippen LogP contribution < -0.4 is 5.32 Å². The van der Waals surface area contributed by atoms with Gasteiger partial charge >= 0.3 is 0 Å². The van der Waals surface area contributed by atoms with Gasteiger partial charge in [-0.25, -0.2) is 0 Å². The molecular formula is C20H20N2O2. The SMILES string of the molecule is Cc1ccc(-c2cc(CC(=O)NCCc3ccccc3)no2)cc1. The number of carbonyl (C=O) groups excluding carboxylic acids is 1. The zero-order chi connectivity index (χ0) is 16.8. The van der Waals surface area contributed by atoms with Gasteiger partial charge in [-0.3, -0.25) is 4.79 Å². The van der Waals surface area contributed by atoms with Gasteiger partial charge in [0.2, 0.25) is 5.91 Å². The molecule has 1 amide bonds. The summed E-state index contributed by atoms with van der Waals surface area (Å²) in [5, 5.41) is 6.90. The van der Waals surface area contributed by atoms with Crippen molar-refractivity contribution >= 4 is 5.91 Å². The predicted molar refractivity (Wildman–Crippen MR) is 93.5 cm³/mol. The third-order valence-electron chi connectivity index (χ3n) is 3.82. The van der Waals surface area contributed by atoms with E-state index in [9.17, 15) is 4.79 Å². The van der Waals surface area contributed by atoms with E-state index >= 15 is 0 Å². The van der Waals surface area contributed by atoms with Crippen LogP contribution in [-0.4, -0.2) is 17.6 Å². The second-order valence-electron chi connectivity index (χ2n) is 5.81. The summed E-state index contributed by atoms with van der Waals surface area (Å²) in [7, 11) is 0. The molecule has 0 saturated carbocycles. The summed E-state index contributed by atoms with van der Waals surface area (Å²) < 4.78 is 5.34. The molecule has 0 bridgehead atoms. The van der Waals surface area contributed by atoms with Crippen LogP contribution >= 0.6 is 0 Å². The zero-order valence-corrected chi connectivity index (χ0v) is 13.7. The Kier molecular flexibility index (Phi) is 5.06. The van der Waals surface area contributed by atoms with Crippen LogP contribution in [0.4, 0.5) is 0 Å². The standard InChI is InChI=1S/C20H20N2O2/c1-15-7-9-17(10-8-15)19-13-18(22-24-19)14-20(23)21-12-11-16-5-3-2-4-6-16/h2-10,13H,11-12,14H2,1H3,(H,21,23). The number of nitrogens with one attached hydrogen (secondary N) is 1. The molecule has 3 rings (SSSR count). The Balaban J connectivity index is 1.51. The first kappa shape index (κ1) is 16.0. The number of hydrogen-bond donors (Lipinski definition) is 1. The van der Waals surface area contributed by atoms with Gasteiger partial charge in [-0.2, -0.15) is 0 Å². The Bertz CT molecular complexity index is 792. The summed E-state index contributed by atoms with van der Waals surface area (Å²) in [4.78, 5) is 12.0. The van der Waals surface area contributed by atoms with Crippen LogP contribution in [0.3, 0.4) is 0 Å². The minimum Gasteiger partial charge on any atom is -0.356 e. The highest BCUT2D eigenvalue weighted by molar-refractivity contribution is 5.78. The van der Waals surface area contributed by atoms with Crippen LogP contribution in [0.15, 0.2) is 65.2 Å². The van der Waals surface area contributed by atoms with Gasteiger partial charge in [0.1, 0.15) is 0 Å². The molecule has 0 radical (unpaired) electrons. The monoisotopic (exact) mass is 320 g/mol. The van der Waals surface area contributed by atoms with Crippen LogP contribution in [0.2, 0.25) is 0 Å². The number of amides is 1. The smallest absolute Gasteiger partial charge is 0.226 e. The van der Waals surface area contributed by atoms with Crippen molar-refractivity contribution in [3.63, 3.8) is 0 Å². The Morgan fingerprint density at radius 2 is 1.83 bits per heavy atom. The average molecular weight is 320 g/mol. The normalized spacial score (nSPS) is 10.5. The van der Waals surface area contributed by atoms with Crippen molar-refractivity contribution in [2.45, 2.75) is 19.8 Å². The van der Waals surface area contributed by atoms with E-state index in [0.29, 0.717) is 18.0 Å². The van der Waals surface area contributed by atoms with Gasteiger partial charge in [0.15, 0.2) is 5.76 Å². The number of rotatable bonds is 6. The minimum atomic E-state index is -0.0466. The molecule has 1 N–H and O–H groups in total. The molecule has 0 aliphatic heterocycles. The van der Waals surface area contributed by atoms with Crippen molar-refractivity contribution in [3.8, 4) is 11.3 Å². The molecule has 24 heavy (non-hydrogen) atoms. The number of carbonyl (C=O) groups is 1. The molecule has 0 spiro atoms. The molecule has 1 aromatic heterocycles. The molecule has 0 aliphatic rings. The van der Waals surface area contributed by atoms with Gasteiger partial charge < -0.3 is 9.84 Å². The second kappa shape index (κ2) is 7.59. The number of aromatic nitrogens is 1. The van der Waals surface area contributed by atoms with E-state index in [1.54, 1.807) is 0 Å². The van der Waals surface area contributed by atoms with Gasteiger partial charge in [-0.1, -0.05) is 65.3 Å². The van der Waals surface area contributed by atoms with Crippen molar-refractivity contribution < 1.29 is 9.32 Å². The highest BCUT2D eigenvalue weighted by Gasteiger charge is 2.10. The summed E-state index contributed by atoms with van der Waals surface area (Å²) in [6.45, 7) is 2.65. The molecule has 2 aromatic carbocycles. The van der Waals surface area contributed by atoms with Gasteiger partial charge in [0.05, 0.1) is 12.1 Å². The van der Waals surface area contributed by atoms with Crippen LogP contribution in [0, 0.1) is 6.92 Å². The van der Waals surface area contributed by atoms with Crippen molar-refractivity contribution in [1.29, 1.82) is 0 Å². The first-order valence-corrected chi connectivity index (χ1v) is 8.04. The molecule has 4 heteroatoms. The lowest BCUT2D eigenvalue weighted by atomic mass is 10.1. The van der Waals surface area contributed by atoms with Crippen LogP contribution in [0.25, 0.3) is 11.3 Å². The van der Waals surface area contributed by atoms with Gasteiger partial charge in [-0.05, 0) is 18.9 Å². The molecule has 0 fully saturated rings. The Labute approximate surface area is 141 Å². The molecule has 122 valence electrons. The zero-order valence-electron chi connectivity index (χ0n) is 13.7. The van der Waals surface area contributed by atoms with Crippen molar-refractivity contribution in [2.75, 3.05) is 6.54 Å². The van der Waals surface area contributed by atoms with Gasteiger partial charge in [-0.15, -0.1) is 0 Å². The lowest BCUT2D eigenvalue weighted by molar-refractivity contribution is -0.120. The largest absolute Gasteiger partial charge is 0.356 e. The maximum atomic E-state index is 12.0. The summed E-state index contributed by atoms with van der Waals surface area (Å²) in [6.07, 6.45) is 1.05. The molecular weight excluding hydrogens is 300 g/mol. The molecule has 0 aliphatic carbocycles. The lowest BCUT2D eigenvalue weighted by Crippen LogP contribution is -2.27. The average Bonchev–Trinajstić information content (AvgIpc) is 3.05. The van der Waals surface area contributed by atoms with Crippen molar-refractivity contribution in [3.05, 3.63) is 77.5 Å². The Morgan fingerprint density at radius 1 is 1.08 bits per heavy atom. The molecule has 3 aromatic rings. The Hall–Kier alpha value is -2.88. The van der Waals surface area contributed by atoms with Gasteiger partial charge in [0.25, 0.3) is 0 Å². The topological polar surface area (TPSA) is 55.1 Å². The van der Waals surface area contributed by atoms with Crippen molar-refractivity contribution in [1.82, 2.24) is 10.5 Å². The first-order valence-electron chi connectivity index (χ1n) is 8.04. The Morgan fingerprint density at radius 3 is 2.58 bits per heavy atom. The van der Waals surface area contributed by atoms with E-state index in [2.05, 4.69) is 22.6 Å². The number of aryl methyl sites for hydroxylation is 1. The lowest BCUT2D eigenvalue weighted by Gasteiger charge is -2.03. The fourth-order valence-electron chi connectivity index (χ4n) is 2.47. The van der Waals surface area contributed by atoms with E-state index in [1.165, 1.54) is 11.1 Å². The molecule has 0 atom stereocenters. The minimum absolute atomic E-state index is 0.0466. The van der Waals surface area contributed by atoms with Crippen LogP contribution in [-0.2, 0) is 17.6 Å². The van der Waals surface area contributed by atoms with E-state index in [4.69, 9.17) is 4.52 Å². The second-order valence-corrected chi connectivity index (χ2v) is 5.81. The molecule has 1 heterocycles. The summed E-state index contributed by atoms with van der Waals surface area (Å²) in [5.74, 6) is 0.636. The maximum Gasteiger partial charge on any atom is 0.226 e.